The first-order valence-electron chi connectivity index (χ1n) is 13.6. The summed E-state index contributed by atoms with van der Waals surface area (Å²) in [5.41, 5.74) is 11.3. The lowest BCUT2D eigenvalue weighted by molar-refractivity contribution is 0.630. The van der Waals surface area contributed by atoms with Crippen LogP contribution < -0.4 is 0 Å². The number of hydrogen-bond acceptors (Lipinski definition) is 9. The Kier molecular flexibility index (Phi) is 12.5. The molecule has 0 saturated heterocycles. The highest BCUT2D eigenvalue weighted by atomic mass is 79.9. The lowest BCUT2D eigenvalue weighted by Gasteiger charge is -2.06. The van der Waals surface area contributed by atoms with Crippen LogP contribution in [0.15, 0.2) is 65.3 Å². The zero-order valence-corrected chi connectivity index (χ0v) is 30.5. The van der Waals surface area contributed by atoms with Crippen molar-refractivity contribution in [3.63, 3.8) is 0 Å². The minimum atomic E-state index is 0. The molecule has 45 heavy (non-hydrogen) atoms. The molecule has 0 spiro atoms. The first-order chi connectivity index (χ1) is 20.8. The second-order valence-corrected chi connectivity index (χ2v) is 12.8. The maximum absolute atomic E-state index is 4.17. The van der Waals surface area contributed by atoms with E-state index in [-0.39, 0.29) is 7.43 Å². The zero-order valence-electron chi connectivity index (χ0n) is 25.7. The monoisotopic (exact) mass is 799 g/mol. The van der Waals surface area contributed by atoms with Crippen molar-refractivity contribution in [1.29, 1.82) is 0 Å². The van der Waals surface area contributed by atoms with Gasteiger partial charge in [-0.3, -0.25) is 0 Å². The SMILES string of the molecule is C.Cc1cc(-c2nnn(C)n2)cc(C)c1Br.Cc1cc(-c2nnnn2C)cc(C)c1Br.Cc1cc(C2=NN=NC2)cc(C)c1Br. The predicted molar refractivity (Wildman–Crippen MR) is 189 cm³/mol. The second kappa shape index (κ2) is 15.7. The highest BCUT2D eigenvalue weighted by molar-refractivity contribution is 9.11. The number of aromatic nitrogens is 8. The van der Waals surface area contributed by atoms with Gasteiger partial charge in [-0.05, 0) is 132 Å². The molecule has 14 heteroatoms. The topological polar surface area (TPSA) is 124 Å². The molecule has 0 unspecified atom stereocenters. The number of aryl methyl sites for hydroxylation is 8. The van der Waals surface area contributed by atoms with Crippen LogP contribution in [0, 0.1) is 41.5 Å². The molecule has 0 saturated carbocycles. The molecule has 0 fully saturated rings. The molecule has 0 aliphatic carbocycles. The van der Waals surface area contributed by atoms with Crippen LogP contribution in [-0.4, -0.2) is 52.7 Å². The predicted octanol–water partition coefficient (Wildman–Crippen LogP) is 8.38. The van der Waals surface area contributed by atoms with Gasteiger partial charge in [0.1, 0.15) is 6.54 Å². The smallest absolute Gasteiger partial charge is 0.204 e. The minimum Gasteiger partial charge on any atom is -0.229 e. The molecule has 5 aromatic rings. The summed E-state index contributed by atoms with van der Waals surface area (Å²) in [5.74, 6) is 1.45. The molecule has 6 rings (SSSR count). The van der Waals surface area contributed by atoms with E-state index in [9.17, 15) is 0 Å². The Labute approximate surface area is 289 Å². The lowest BCUT2D eigenvalue weighted by Crippen LogP contribution is -2.02. The first kappa shape index (κ1) is 36.0. The van der Waals surface area contributed by atoms with Crippen LogP contribution in [0.2, 0.25) is 0 Å². The summed E-state index contributed by atoms with van der Waals surface area (Å²) in [5, 5.41) is 34.8. The van der Waals surface area contributed by atoms with Crippen LogP contribution in [0.4, 0.5) is 0 Å². The highest BCUT2D eigenvalue weighted by Crippen LogP contribution is 2.28. The Morgan fingerprint density at radius 3 is 1.47 bits per heavy atom. The van der Waals surface area contributed by atoms with Gasteiger partial charge in [0.25, 0.3) is 0 Å². The number of nitrogens with zero attached hydrogens (tertiary/aromatic N) is 11. The van der Waals surface area contributed by atoms with Gasteiger partial charge < -0.3 is 0 Å². The number of benzene rings is 3. The molecule has 0 N–H and O–H groups in total. The molecule has 1 aliphatic rings. The average molecular weight is 802 g/mol. The summed E-state index contributed by atoms with van der Waals surface area (Å²) in [7, 11) is 3.59. The van der Waals surface area contributed by atoms with Crippen molar-refractivity contribution < 1.29 is 0 Å². The Balaban J connectivity index is 0.000000182. The van der Waals surface area contributed by atoms with E-state index in [1.54, 1.807) is 11.7 Å². The molecule has 236 valence electrons. The molecule has 0 atom stereocenters. The van der Waals surface area contributed by atoms with Gasteiger partial charge in [-0.1, -0.05) is 55.2 Å². The van der Waals surface area contributed by atoms with Gasteiger partial charge in [0.15, 0.2) is 5.82 Å². The van der Waals surface area contributed by atoms with E-state index in [1.165, 1.54) is 38.2 Å². The minimum absolute atomic E-state index is 0. The van der Waals surface area contributed by atoms with E-state index in [2.05, 4.69) is 160 Å². The molecule has 2 aromatic heterocycles. The molecule has 0 bridgehead atoms. The first-order valence-corrected chi connectivity index (χ1v) is 15.9. The van der Waals surface area contributed by atoms with Crippen LogP contribution in [0.3, 0.4) is 0 Å². The number of hydrogen-bond donors (Lipinski definition) is 0. The fraction of sp³-hybridized carbons (Fsp3) is 0.323. The molecule has 1 aliphatic heterocycles. The van der Waals surface area contributed by atoms with Crippen LogP contribution in [0.25, 0.3) is 22.8 Å². The summed E-state index contributed by atoms with van der Waals surface area (Å²) in [6.45, 7) is 13.0. The number of tetrazole rings is 2. The van der Waals surface area contributed by atoms with Gasteiger partial charge in [0.2, 0.25) is 5.82 Å². The summed E-state index contributed by atoms with van der Waals surface area (Å²) >= 11 is 10.6. The van der Waals surface area contributed by atoms with Crippen LogP contribution in [0.1, 0.15) is 46.4 Å². The summed E-state index contributed by atoms with van der Waals surface area (Å²) in [6.07, 6.45) is 0. The summed E-state index contributed by atoms with van der Waals surface area (Å²) in [6, 6.07) is 12.5. The molecule has 3 heterocycles. The number of halogens is 3. The van der Waals surface area contributed by atoms with Crippen molar-refractivity contribution >= 4 is 53.5 Å². The van der Waals surface area contributed by atoms with Crippen molar-refractivity contribution in [2.24, 2.45) is 29.5 Å². The summed E-state index contributed by atoms with van der Waals surface area (Å²) in [4.78, 5) is 1.46. The van der Waals surface area contributed by atoms with Gasteiger partial charge in [-0.25, -0.2) is 4.68 Å². The molecular weight excluding hydrogens is 766 g/mol. The average Bonchev–Trinajstić information content (AvgIpc) is 3.76. The van der Waals surface area contributed by atoms with Crippen molar-refractivity contribution in [2.75, 3.05) is 6.54 Å². The Morgan fingerprint density at radius 2 is 1.09 bits per heavy atom. The third kappa shape index (κ3) is 8.82. The van der Waals surface area contributed by atoms with E-state index in [0.29, 0.717) is 12.4 Å². The maximum Gasteiger partial charge on any atom is 0.204 e. The molecule has 3 aromatic carbocycles. The van der Waals surface area contributed by atoms with E-state index < -0.39 is 0 Å². The van der Waals surface area contributed by atoms with Crippen molar-refractivity contribution in [1.82, 2.24) is 40.4 Å². The standard InChI is InChI=1S/2C10H11BrN4.C10H10BrN3.CH4/c1-6-4-8(5-7(2)9(6)11)10-12-13-14-15(10)3;1-6-4-8(5-7(2)9(6)11)10-12-14-15(3)13-10;1-6-3-8(4-7(2)10(6)11)9-5-12-14-13-9;/h2*4-5H,1-3H3;3-4H,5H2,1-2H3;1H4. The third-order valence-corrected chi connectivity index (χ3v) is 10.5. The summed E-state index contributed by atoms with van der Waals surface area (Å²) < 4.78 is 5.10. The van der Waals surface area contributed by atoms with Gasteiger partial charge >= 0.3 is 0 Å². The van der Waals surface area contributed by atoms with Crippen LogP contribution in [0.5, 0.6) is 0 Å². The molecule has 11 nitrogen and oxygen atoms in total. The largest absolute Gasteiger partial charge is 0.229 e. The maximum atomic E-state index is 4.17. The van der Waals surface area contributed by atoms with Crippen molar-refractivity contribution in [3.8, 4) is 22.8 Å². The van der Waals surface area contributed by atoms with Gasteiger partial charge in [0, 0.05) is 37.2 Å². The fourth-order valence-corrected chi connectivity index (χ4v) is 5.19. The zero-order chi connectivity index (χ0) is 32.1. The normalized spacial score (nSPS) is 11.7. The van der Waals surface area contributed by atoms with E-state index >= 15 is 0 Å². The molecular formula is C31H36Br3N11. The Bertz CT molecular complexity index is 1800. The quantitative estimate of drug-likeness (QED) is 0.181. The van der Waals surface area contributed by atoms with Gasteiger partial charge in [0.05, 0.1) is 12.8 Å². The second-order valence-electron chi connectivity index (χ2n) is 10.4. The third-order valence-electron chi connectivity index (χ3n) is 6.74. The van der Waals surface area contributed by atoms with Gasteiger partial charge in [-0.2, -0.15) is 9.91 Å². The lowest BCUT2D eigenvalue weighted by atomic mass is 10.0. The van der Waals surface area contributed by atoms with E-state index in [0.717, 1.165) is 41.6 Å². The molecule has 0 radical (unpaired) electrons. The van der Waals surface area contributed by atoms with Crippen LogP contribution in [-0.2, 0) is 14.1 Å². The molecule has 0 amide bonds. The highest BCUT2D eigenvalue weighted by Gasteiger charge is 2.11. The Hall–Kier alpha value is -3.49. The van der Waals surface area contributed by atoms with Crippen molar-refractivity contribution in [2.45, 2.75) is 49.0 Å². The Morgan fingerprint density at radius 1 is 0.622 bits per heavy atom. The number of rotatable bonds is 3. The van der Waals surface area contributed by atoms with Crippen LogP contribution >= 0.6 is 47.8 Å². The van der Waals surface area contributed by atoms with E-state index in [4.69, 9.17) is 0 Å². The fourth-order valence-electron chi connectivity index (χ4n) is 4.50. The van der Waals surface area contributed by atoms with Gasteiger partial charge in [-0.15, -0.1) is 20.4 Å². The van der Waals surface area contributed by atoms with Crippen molar-refractivity contribution in [3.05, 3.63) is 88.8 Å². The van der Waals surface area contributed by atoms with E-state index in [1.807, 2.05) is 19.2 Å².